The Morgan fingerprint density at radius 1 is 1.07 bits per heavy atom. The van der Waals surface area contributed by atoms with Crippen molar-refractivity contribution in [3.8, 4) is 0 Å². The van der Waals surface area contributed by atoms with Gasteiger partial charge < -0.3 is 10.3 Å². The van der Waals surface area contributed by atoms with E-state index < -0.39 is 0 Å². The second kappa shape index (κ2) is 7.97. The molecule has 0 unspecified atom stereocenters. The number of H-pyrrole nitrogens is 1. The predicted molar refractivity (Wildman–Crippen MR) is 111 cm³/mol. The van der Waals surface area contributed by atoms with Gasteiger partial charge in [-0.25, -0.2) is 0 Å². The van der Waals surface area contributed by atoms with Crippen molar-refractivity contribution < 1.29 is 4.79 Å². The van der Waals surface area contributed by atoms with Gasteiger partial charge in [-0.2, -0.15) is 0 Å². The fourth-order valence-electron chi connectivity index (χ4n) is 4.09. The minimum absolute atomic E-state index is 0.0982. The van der Waals surface area contributed by atoms with Crippen LogP contribution in [0.3, 0.4) is 0 Å². The van der Waals surface area contributed by atoms with Gasteiger partial charge in [0.25, 0.3) is 5.91 Å². The number of aromatic amines is 1. The highest BCUT2D eigenvalue weighted by molar-refractivity contribution is 6.06. The van der Waals surface area contributed by atoms with E-state index in [1.807, 2.05) is 48.5 Å². The van der Waals surface area contributed by atoms with Crippen molar-refractivity contribution in [2.24, 2.45) is 0 Å². The zero-order chi connectivity index (χ0) is 18.6. The number of hydrogen-bond donors (Lipinski definition) is 2. The van der Waals surface area contributed by atoms with Crippen LogP contribution in [0.15, 0.2) is 54.6 Å². The number of anilines is 1. The molecule has 0 radical (unpaired) electrons. The van der Waals surface area contributed by atoms with Gasteiger partial charge in [0.1, 0.15) is 5.69 Å². The second-order valence-corrected chi connectivity index (χ2v) is 7.59. The summed E-state index contributed by atoms with van der Waals surface area (Å²) < 4.78 is 0. The lowest BCUT2D eigenvalue weighted by molar-refractivity contribution is 0.102. The van der Waals surface area contributed by atoms with Crippen molar-refractivity contribution in [2.75, 3.05) is 12.4 Å². The molecular weight excluding hydrogens is 334 g/mol. The third-order valence-corrected chi connectivity index (χ3v) is 5.66. The van der Waals surface area contributed by atoms with Gasteiger partial charge in [-0.05, 0) is 43.7 Å². The normalized spacial score (nSPS) is 15.3. The van der Waals surface area contributed by atoms with E-state index in [1.54, 1.807) is 0 Å². The van der Waals surface area contributed by atoms with Crippen LogP contribution >= 0.6 is 0 Å². The first kappa shape index (κ1) is 17.8. The molecule has 3 aromatic rings. The Morgan fingerprint density at radius 2 is 1.81 bits per heavy atom. The Hall–Kier alpha value is -2.59. The van der Waals surface area contributed by atoms with Gasteiger partial charge in [0, 0.05) is 29.2 Å². The number of nitrogens with one attached hydrogen (secondary N) is 2. The van der Waals surface area contributed by atoms with E-state index in [4.69, 9.17) is 0 Å². The number of carbonyl (C=O) groups is 1. The Bertz CT molecular complexity index is 891. The molecule has 1 aliphatic carbocycles. The van der Waals surface area contributed by atoms with E-state index in [9.17, 15) is 4.79 Å². The number of hydrogen-bond acceptors (Lipinski definition) is 2. The molecule has 4 nitrogen and oxygen atoms in total. The summed E-state index contributed by atoms with van der Waals surface area (Å²) in [5, 5.41) is 4.15. The van der Waals surface area contributed by atoms with Gasteiger partial charge in [0.2, 0.25) is 0 Å². The number of amides is 1. The molecule has 0 atom stereocenters. The molecule has 0 aliphatic heterocycles. The molecule has 1 heterocycles. The zero-order valence-electron chi connectivity index (χ0n) is 15.9. The lowest BCUT2D eigenvalue weighted by Crippen LogP contribution is -2.33. The summed E-state index contributed by atoms with van der Waals surface area (Å²) in [6, 6.07) is 18.6. The molecule has 4 heteroatoms. The Balaban J connectivity index is 1.49. The van der Waals surface area contributed by atoms with E-state index in [-0.39, 0.29) is 5.91 Å². The standard InChI is InChI=1S/C23H27N3O/c1-26(19-11-3-2-4-12-19)16-18-10-6-8-14-21(18)25-23(27)22-15-17-9-5-7-13-20(17)24-22/h5-10,13-15,19,24H,2-4,11-12,16H2,1H3,(H,25,27). The fourth-order valence-corrected chi connectivity index (χ4v) is 4.09. The molecule has 1 aliphatic rings. The Morgan fingerprint density at radius 3 is 2.63 bits per heavy atom. The number of aromatic nitrogens is 1. The Labute approximate surface area is 160 Å². The van der Waals surface area contributed by atoms with E-state index in [0.717, 1.165) is 28.7 Å². The van der Waals surface area contributed by atoms with Crippen LogP contribution in [0.1, 0.15) is 48.2 Å². The van der Waals surface area contributed by atoms with E-state index >= 15 is 0 Å². The van der Waals surface area contributed by atoms with Crippen molar-refractivity contribution in [3.05, 3.63) is 65.9 Å². The first-order valence-corrected chi connectivity index (χ1v) is 9.88. The second-order valence-electron chi connectivity index (χ2n) is 7.59. The van der Waals surface area contributed by atoms with Gasteiger partial charge in [-0.15, -0.1) is 0 Å². The highest BCUT2D eigenvalue weighted by atomic mass is 16.1. The lowest BCUT2D eigenvalue weighted by atomic mass is 9.94. The first-order chi connectivity index (χ1) is 13.2. The smallest absolute Gasteiger partial charge is 0.272 e. The van der Waals surface area contributed by atoms with Crippen molar-refractivity contribution in [2.45, 2.75) is 44.7 Å². The average Bonchev–Trinajstić information content (AvgIpc) is 3.14. The molecule has 1 fully saturated rings. The summed E-state index contributed by atoms with van der Waals surface area (Å²) in [5.74, 6) is -0.0982. The van der Waals surface area contributed by atoms with Crippen LogP contribution in [-0.2, 0) is 6.54 Å². The number of para-hydroxylation sites is 2. The van der Waals surface area contributed by atoms with Crippen molar-refractivity contribution in [1.29, 1.82) is 0 Å². The maximum absolute atomic E-state index is 12.8. The zero-order valence-corrected chi connectivity index (χ0v) is 15.9. The molecule has 140 valence electrons. The molecule has 0 spiro atoms. The van der Waals surface area contributed by atoms with Crippen LogP contribution in [0.2, 0.25) is 0 Å². The molecule has 27 heavy (non-hydrogen) atoms. The number of fused-ring (bicyclic) bond motifs is 1. The van der Waals surface area contributed by atoms with Gasteiger partial charge in [-0.1, -0.05) is 55.7 Å². The van der Waals surface area contributed by atoms with Gasteiger partial charge in [0.15, 0.2) is 0 Å². The minimum atomic E-state index is -0.0982. The molecule has 2 N–H and O–H groups in total. The third-order valence-electron chi connectivity index (χ3n) is 5.66. The largest absolute Gasteiger partial charge is 0.351 e. The summed E-state index contributed by atoms with van der Waals surface area (Å²) in [5.41, 5.74) is 3.62. The number of rotatable bonds is 5. The van der Waals surface area contributed by atoms with Crippen molar-refractivity contribution in [3.63, 3.8) is 0 Å². The van der Waals surface area contributed by atoms with E-state index in [1.165, 1.54) is 32.1 Å². The van der Waals surface area contributed by atoms with Gasteiger partial charge in [-0.3, -0.25) is 9.69 Å². The molecule has 4 rings (SSSR count). The summed E-state index contributed by atoms with van der Waals surface area (Å²) in [4.78, 5) is 18.4. The van der Waals surface area contributed by atoms with Crippen LogP contribution in [0.4, 0.5) is 5.69 Å². The molecule has 1 saturated carbocycles. The van der Waals surface area contributed by atoms with Crippen molar-refractivity contribution >= 4 is 22.5 Å². The van der Waals surface area contributed by atoms with Crippen LogP contribution in [0, 0.1) is 0 Å². The molecule has 2 aromatic carbocycles. The highest BCUT2D eigenvalue weighted by Crippen LogP contribution is 2.25. The SMILES string of the molecule is CN(Cc1ccccc1NC(=O)c1cc2ccccc2[nH]1)C1CCCCC1. The molecule has 1 aromatic heterocycles. The summed E-state index contributed by atoms with van der Waals surface area (Å²) >= 11 is 0. The number of nitrogens with zero attached hydrogens (tertiary/aromatic N) is 1. The monoisotopic (exact) mass is 361 g/mol. The fraction of sp³-hybridized carbons (Fsp3) is 0.348. The summed E-state index contributed by atoms with van der Waals surface area (Å²) in [6.07, 6.45) is 6.57. The van der Waals surface area contributed by atoms with Crippen molar-refractivity contribution in [1.82, 2.24) is 9.88 Å². The van der Waals surface area contributed by atoms with Gasteiger partial charge in [0.05, 0.1) is 0 Å². The predicted octanol–water partition coefficient (Wildman–Crippen LogP) is 5.18. The van der Waals surface area contributed by atoms with Crippen LogP contribution in [-0.4, -0.2) is 28.9 Å². The van der Waals surface area contributed by atoms with Crippen LogP contribution < -0.4 is 5.32 Å². The van der Waals surface area contributed by atoms with Crippen LogP contribution in [0.25, 0.3) is 10.9 Å². The van der Waals surface area contributed by atoms with Gasteiger partial charge >= 0.3 is 0 Å². The van der Waals surface area contributed by atoms with E-state index in [2.05, 4.69) is 28.3 Å². The number of benzene rings is 2. The van der Waals surface area contributed by atoms with Crippen LogP contribution in [0.5, 0.6) is 0 Å². The molecule has 0 saturated heterocycles. The lowest BCUT2D eigenvalue weighted by Gasteiger charge is -2.31. The highest BCUT2D eigenvalue weighted by Gasteiger charge is 2.19. The molecular formula is C23H27N3O. The summed E-state index contributed by atoms with van der Waals surface area (Å²) in [6.45, 7) is 0.855. The first-order valence-electron chi connectivity index (χ1n) is 9.88. The van der Waals surface area contributed by atoms with E-state index in [0.29, 0.717) is 11.7 Å². The quantitative estimate of drug-likeness (QED) is 0.657. The molecule has 0 bridgehead atoms. The summed E-state index contributed by atoms with van der Waals surface area (Å²) in [7, 11) is 2.20. The minimum Gasteiger partial charge on any atom is -0.351 e. The average molecular weight is 361 g/mol. The topological polar surface area (TPSA) is 48.1 Å². The Kier molecular flexibility index (Phi) is 5.26. The third kappa shape index (κ3) is 4.06. The number of carbonyl (C=O) groups excluding carboxylic acids is 1. The molecule has 1 amide bonds. The maximum atomic E-state index is 12.8. The maximum Gasteiger partial charge on any atom is 0.272 e.